The molecule has 0 aliphatic carbocycles. The number of benzene rings is 1. The van der Waals surface area contributed by atoms with Crippen LogP contribution in [0, 0.1) is 5.92 Å². The molecule has 0 unspecified atom stereocenters. The van der Waals surface area contributed by atoms with Crippen molar-refractivity contribution in [3.63, 3.8) is 0 Å². The highest BCUT2D eigenvalue weighted by Gasteiger charge is 2.16. The van der Waals surface area contributed by atoms with E-state index in [4.69, 9.17) is 0 Å². The molecule has 116 valence electrons. The molecule has 0 atom stereocenters. The van der Waals surface area contributed by atoms with Gasteiger partial charge in [-0.05, 0) is 56.4 Å². The van der Waals surface area contributed by atoms with Gasteiger partial charge in [-0.2, -0.15) is 0 Å². The Morgan fingerprint density at radius 3 is 2.67 bits per heavy atom. The molecule has 0 saturated heterocycles. The highest BCUT2D eigenvalue weighted by molar-refractivity contribution is 5.64. The lowest BCUT2D eigenvalue weighted by Gasteiger charge is -2.23. The van der Waals surface area contributed by atoms with Gasteiger partial charge in [-0.15, -0.1) is 0 Å². The quantitative estimate of drug-likeness (QED) is 0.896. The van der Waals surface area contributed by atoms with Gasteiger partial charge in [-0.3, -0.25) is 0 Å². The van der Waals surface area contributed by atoms with Gasteiger partial charge in [0.2, 0.25) is 0 Å². The van der Waals surface area contributed by atoms with Crippen molar-refractivity contribution in [3.05, 3.63) is 34.9 Å². The lowest BCUT2D eigenvalue weighted by atomic mass is 9.97. The second kappa shape index (κ2) is 6.23. The SMILES string of the molecule is CC(C)C(=Cc1ccc2c(c1)CCN2C)CNC(C)(C)C. The fourth-order valence-electron chi connectivity index (χ4n) is 2.68. The summed E-state index contributed by atoms with van der Waals surface area (Å²) in [5, 5.41) is 3.61. The summed E-state index contributed by atoms with van der Waals surface area (Å²) < 4.78 is 0. The summed E-state index contributed by atoms with van der Waals surface area (Å²) in [5.74, 6) is 0.566. The van der Waals surface area contributed by atoms with Gasteiger partial charge in [-0.1, -0.05) is 31.6 Å². The van der Waals surface area contributed by atoms with E-state index >= 15 is 0 Å². The van der Waals surface area contributed by atoms with Crippen LogP contribution in [0.5, 0.6) is 0 Å². The van der Waals surface area contributed by atoms with Crippen LogP contribution in [0.25, 0.3) is 6.08 Å². The maximum atomic E-state index is 3.61. The standard InChI is InChI=1S/C19H30N2/c1-14(2)17(13-20-19(3,4)5)12-15-7-8-18-16(11-15)9-10-21(18)6/h7-8,11-12,14,20H,9-10,13H2,1-6H3. The third kappa shape index (κ3) is 4.34. The van der Waals surface area contributed by atoms with E-state index in [-0.39, 0.29) is 5.54 Å². The molecule has 0 amide bonds. The first-order chi connectivity index (χ1) is 9.76. The minimum atomic E-state index is 0.161. The predicted octanol–water partition coefficient (Wildman–Crippen LogP) is 4.11. The average molecular weight is 286 g/mol. The molecule has 1 N–H and O–H groups in total. The molecule has 0 spiro atoms. The van der Waals surface area contributed by atoms with E-state index in [1.165, 1.54) is 28.8 Å². The van der Waals surface area contributed by atoms with Crippen LogP contribution in [0.1, 0.15) is 45.7 Å². The first kappa shape index (κ1) is 16.1. The molecule has 0 fully saturated rings. The Labute approximate surface area is 130 Å². The molecule has 21 heavy (non-hydrogen) atoms. The van der Waals surface area contributed by atoms with Crippen molar-refractivity contribution in [1.29, 1.82) is 0 Å². The van der Waals surface area contributed by atoms with E-state index < -0.39 is 0 Å². The van der Waals surface area contributed by atoms with E-state index in [0.717, 1.165) is 13.1 Å². The number of likely N-dealkylation sites (N-methyl/N-ethyl adjacent to an activating group) is 1. The Hall–Kier alpha value is -1.28. The van der Waals surface area contributed by atoms with Gasteiger partial charge in [0.05, 0.1) is 0 Å². The summed E-state index contributed by atoms with van der Waals surface area (Å²) in [5.41, 5.74) is 5.85. The van der Waals surface area contributed by atoms with Crippen molar-refractivity contribution in [2.45, 2.75) is 46.6 Å². The normalized spacial score (nSPS) is 15.8. The van der Waals surface area contributed by atoms with Crippen molar-refractivity contribution in [2.75, 3.05) is 25.0 Å². The van der Waals surface area contributed by atoms with Crippen LogP contribution in [-0.2, 0) is 6.42 Å². The fraction of sp³-hybridized carbons (Fsp3) is 0.579. The van der Waals surface area contributed by atoms with Crippen LogP contribution in [-0.4, -0.2) is 25.7 Å². The molecule has 0 bridgehead atoms. The monoisotopic (exact) mass is 286 g/mol. The molecule has 1 heterocycles. The van der Waals surface area contributed by atoms with Crippen LogP contribution in [0.2, 0.25) is 0 Å². The van der Waals surface area contributed by atoms with E-state index in [1.54, 1.807) is 0 Å². The number of fused-ring (bicyclic) bond motifs is 1. The summed E-state index contributed by atoms with van der Waals surface area (Å²) >= 11 is 0. The minimum Gasteiger partial charge on any atom is -0.374 e. The molecule has 1 aliphatic rings. The van der Waals surface area contributed by atoms with Gasteiger partial charge in [0, 0.05) is 31.4 Å². The Bertz CT molecular complexity index is 521. The minimum absolute atomic E-state index is 0.161. The molecule has 0 saturated carbocycles. The molecule has 2 rings (SSSR count). The summed E-state index contributed by atoms with van der Waals surface area (Å²) in [4.78, 5) is 2.34. The second-order valence-electron chi connectivity index (χ2n) is 7.54. The summed E-state index contributed by atoms with van der Waals surface area (Å²) in [7, 11) is 2.17. The molecule has 0 radical (unpaired) electrons. The van der Waals surface area contributed by atoms with Gasteiger partial charge in [-0.25, -0.2) is 0 Å². The van der Waals surface area contributed by atoms with Crippen LogP contribution in [0.15, 0.2) is 23.8 Å². The zero-order valence-electron chi connectivity index (χ0n) is 14.5. The number of hydrogen-bond donors (Lipinski definition) is 1. The lowest BCUT2D eigenvalue weighted by Crippen LogP contribution is -2.37. The van der Waals surface area contributed by atoms with E-state index in [1.807, 2.05) is 0 Å². The molecule has 2 nitrogen and oxygen atoms in total. The predicted molar refractivity (Wildman–Crippen MR) is 94.0 cm³/mol. The smallest absolute Gasteiger partial charge is 0.0397 e. The molecular formula is C19H30N2. The number of anilines is 1. The van der Waals surface area contributed by atoms with E-state index in [9.17, 15) is 0 Å². The van der Waals surface area contributed by atoms with Gasteiger partial charge < -0.3 is 10.2 Å². The van der Waals surface area contributed by atoms with Crippen molar-refractivity contribution in [1.82, 2.24) is 5.32 Å². The first-order valence-corrected chi connectivity index (χ1v) is 8.06. The maximum absolute atomic E-state index is 3.61. The summed E-state index contributed by atoms with van der Waals surface area (Å²) in [6.45, 7) is 13.3. The zero-order chi connectivity index (χ0) is 15.6. The molecule has 2 heteroatoms. The van der Waals surface area contributed by atoms with Crippen molar-refractivity contribution < 1.29 is 0 Å². The number of rotatable bonds is 4. The lowest BCUT2D eigenvalue weighted by molar-refractivity contribution is 0.437. The summed E-state index contributed by atoms with van der Waals surface area (Å²) in [6.07, 6.45) is 3.53. The van der Waals surface area contributed by atoms with Crippen LogP contribution in [0.3, 0.4) is 0 Å². The van der Waals surface area contributed by atoms with Gasteiger partial charge >= 0.3 is 0 Å². The topological polar surface area (TPSA) is 15.3 Å². The summed E-state index contributed by atoms with van der Waals surface area (Å²) in [6, 6.07) is 6.88. The first-order valence-electron chi connectivity index (χ1n) is 8.06. The third-order valence-corrected chi connectivity index (χ3v) is 4.15. The highest BCUT2D eigenvalue weighted by atomic mass is 15.1. The van der Waals surface area contributed by atoms with Gasteiger partial charge in [0.25, 0.3) is 0 Å². The van der Waals surface area contributed by atoms with Crippen molar-refractivity contribution in [3.8, 4) is 0 Å². The molecular weight excluding hydrogens is 256 g/mol. The van der Waals surface area contributed by atoms with Crippen LogP contribution in [0.4, 0.5) is 5.69 Å². The highest BCUT2D eigenvalue weighted by Crippen LogP contribution is 2.28. The Morgan fingerprint density at radius 1 is 1.33 bits per heavy atom. The van der Waals surface area contributed by atoms with Gasteiger partial charge in [0.15, 0.2) is 0 Å². The number of nitrogens with zero attached hydrogens (tertiary/aromatic N) is 1. The van der Waals surface area contributed by atoms with E-state index in [2.05, 4.69) is 76.2 Å². The zero-order valence-corrected chi connectivity index (χ0v) is 14.5. The molecule has 1 aromatic carbocycles. The Balaban J connectivity index is 2.18. The largest absolute Gasteiger partial charge is 0.374 e. The van der Waals surface area contributed by atoms with Crippen molar-refractivity contribution in [2.24, 2.45) is 5.92 Å². The Kier molecular flexibility index (Phi) is 4.77. The number of nitrogens with one attached hydrogen (secondary N) is 1. The second-order valence-corrected chi connectivity index (χ2v) is 7.54. The maximum Gasteiger partial charge on any atom is 0.0397 e. The molecule has 1 aromatic rings. The van der Waals surface area contributed by atoms with Crippen molar-refractivity contribution >= 4 is 11.8 Å². The number of hydrogen-bond acceptors (Lipinski definition) is 2. The molecule has 0 aromatic heterocycles. The average Bonchev–Trinajstić information content (AvgIpc) is 2.74. The molecule has 1 aliphatic heterocycles. The Morgan fingerprint density at radius 2 is 2.05 bits per heavy atom. The van der Waals surface area contributed by atoms with Gasteiger partial charge in [0.1, 0.15) is 0 Å². The van der Waals surface area contributed by atoms with Crippen LogP contribution >= 0.6 is 0 Å². The van der Waals surface area contributed by atoms with Crippen LogP contribution < -0.4 is 10.2 Å². The fourth-order valence-corrected chi connectivity index (χ4v) is 2.68. The van der Waals surface area contributed by atoms with E-state index in [0.29, 0.717) is 5.92 Å². The third-order valence-electron chi connectivity index (χ3n) is 4.15.